The van der Waals surface area contributed by atoms with E-state index in [1.54, 1.807) is 0 Å². The van der Waals surface area contributed by atoms with E-state index < -0.39 is 0 Å². The standard InChI is InChI=1S/C12H20N2S/c1-8(2)11-6-14-12(15-11)7-13-5-10-4-9(10)3/h6,8-10,13H,4-5,7H2,1-3H3. The SMILES string of the molecule is CC(C)c1cnc(CNCC2CC2C)s1. The van der Waals surface area contributed by atoms with Crippen LogP contribution in [0.4, 0.5) is 0 Å². The molecule has 0 aromatic carbocycles. The Morgan fingerprint density at radius 1 is 1.60 bits per heavy atom. The molecule has 3 heteroatoms. The zero-order valence-corrected chi connectivity index (χ0v) is 10.6. The Kier molecular flexibility index (Phi) is 3.42. The van der Waals surface area contributed by atoms with Gasteiger partial charge in [0.2, 0.25) is 0 Å². The largest absolute Gasteiger partial charge is 0.310 e. The van der Waals surface area contributed by atoms with Crippen LogP contribution in [0.25, 0.3) is 0 Å². The summed E-state index contributed by atoms with van der Waals surface area (Å²) in [5, 5.41) is 4.72. The van der Waals surface area contributed by atoms with Gasteiger partial charge in [0, 0.05) is 17.6 Å². The highest BCUT2D eigenvalue weighted by Crippen LogP contribution is 2.36. The molecule has 1 fully saturated rings. The molecule has 0 bridgehead atoms. The third-order valence-corrected chi connectivity index (χ3v) is 4.40. The maximum Gasteiger partial charge on any atom is 0.107 e. The molecular weight excluding hydrogens is 204 g/mol. The van der Waals surface area contributed by atoms with Crippen molar-refractivity contribution in [2.75, 3.05) is 6.54 Å². The number of nitrogens with zero attached hydrogens (tertiary/aromatic N) is 1. The van der Waals surface area contributed by atoms with Crippen molar-refractivity contribution in [3.63, 3.8) is 0 Å². The number of thiazole rings is 1. The second-order valence-corrected chi connectivity index (χ2v) is 6.06. The molecule has 0 radical (unpaired) electrons. The second kappa shape index (κ2) is 4.62. The first-order valence-electron chi connectivity index (χ1n) is 5.82. The molecule has 1 aromatic rings. The van der Waals surface area contributed by atoms with Crippen LogP contribution < -0.4 is 5.32 Å². The molecule has 2 atom stereocenters. The molecular formula is C12H20N2S. The topological polar surface area (TPSA) is 24.9 Å². The van der Waals surface area contributed by atoms with E-state index in [1.807, 2.05) is 17.5 Å². The summed E-state index contributed by atoms with van der Waals surface area (Å²) in [6, 6.07) is 0. The van der Waals surface area contributed by atoms with Gasteiger partial charge in [-0.05, 0) is 30.7 Å². The molecule has 1 aliphatic carbocycles. The Bertz CT molecular complexity index is 319. The fourth-order valence-corrected chi connectivity index (χ4v) is 2.61. The molecule has 1 aliphatic rings. The molecule has 0 amide bonds. The van der Waals surface area contributed by atoms with Gasteiger partial charge in [-0.3, -0.25) is 0 Å². The minimum absolute atomic E-state index is 0.611. The zero-order valence-electron chi connectivity index (χ0n) is 9.79. The van der Waals surface area contributed by atoms with Crippen LogP contribution in [0.2, 0.25) is 0 Å². The molecule has 0 aliphatic heterocycles. The third-order valence-electron chi connectivity index (χ3n) is 3.10. The summed E-state index contributed by atoms with van der Waals surface area (Å²) in [6.45, 7) is 8.87. The van der Waals surface area contributed by atoms with Gasteiger partial charge in [0.1, 0.15) is 5.01 Å². The van der Waals surface area contributed by atoms with Gasteiger partial charge in [0.25, 0.3) is 0 Å². The summed E-state index contributed by atoms with van der Waals surface area (Å²) in [4.78, 5) is 5.82. The monoisotopic (exact) mass is 224 g/mol. The molecule has 2 unspecified atom stereocenters. The molecule has 84 valence electrons. The van der Waals surface area contributed by atoms with Gasteiger partial charge in [0.15, 0.2) is 0 Å². The van der Waals surface area contributed by atoms with E-state index in [1.165, 1.54) is 16.3 Å². The quantitative estimate of drug-likeness (QED) is 0.831. The van der Waals surface area contributed by atoms with Gasteiger partial charge in [0.05, 0.1) is 0 Å². The Balaban J connectivity index is 1.73. The molecule has 1 saturated carbocycles. The predicted molar refractivity (Wildman–Crippen MR) is 65.2 cm³/mol. The highest BCUT2D eigenvalue weighted by Gasteiger charge is 2.31. The van der Waals surface area contributed by atoms with Crippen molar-refractivity contribution in [1.82, 2.24) is 10.3 Å². The Morgan fingerprint density at radius 3 is 2.87 bits per heavy atom. The van der Waals surface area contributed by atoms with E-state index in [4.69, 9.17) is 0 Å². The Labute approximate surface area is 96.1 Å². The van der Waals surface area contributed by atoms with E-state index in [0.29, 0.717) is 5.92 Å². The first kappa shape index (κ1) is 11.1. The number of nitrogens with one attached hydrogen (secondary N) is 1. The summed E-state index contributed by atoms with van der Waals surface area (Å²) in [6.07, 6.45) is 3.42. The molecule has 0 spiro atoms. The number of hydrogen-bond acceptors (Lipinski definition) is 3. The van der Waals surface area contributed by atoms with Crippen molar-refractivity contribution in [2.24, 2.45) is 11.8 Å². The van der Waals surface area contributed by atoms with Crippen LogP contribution in [-0.2, 0) is 6.54 Å². The van der Waals surface area contributed by atoms with Crippen molar-refractivity contribution < 1.29 is 0 Å². The Morgan fingerprint density at radius 2 is 2.33 bits per heavy atom. The van der Waals surface area contributed by atoms with Gasteiger partial charge >= 0.3 is 0 Å². The molecule has 1 aromatic heterocycles. The maximum atomic E-state index is 4.43. The number of hydrogen-bond donors (Lipinski definition) is 1. The van der Waals surface area contributed by atoms with Crippen LogP contribution in [0.5, 0.6) is 0 Å². The highest BCUT2D eigenvalue weighted by molar-refractivity contribution is 7.11. The summed E-state index contributed by atoms with van der Waals surface area (Å²) in [7, 11) is 0. The zero-order chi connectivity index (χ0) is 10.8. The average Bonchev–Trinajstić information content (AvgIpc) is 2.71. The average molecular weight is 224 g/mol. The van der Waals surface area contributed by atoms with E-state index in [2.05, 4.69) is 31.1 Å². The van der Waals surface area contributed by atoms with Crippen LogP contribution in [-0.4, -0.2) is 11.5 Å². The van der Waals surface area contributed by atoms with Crippen LogP contribution in [0.15, 0.2) is 6.20 Å². The normalized spacial score (nSPS) is 24.8. The summed E-state index contributed by atoms with van der Waals surface area (Å²) in [5.41, 5.74) is 0. The van der Waals surface area contributed by atoms with E-state index in [9.17, 15) is 0 Å². The number of aromatic nitrogens is 1. The predicted octanol–water partition coefficient (Wildman–Crippen LogP) is 3.01. The third kappa shape index (κ3) is 3.02. The van der Waals surface area contributed by atoms with Gasteiger partial charge in [-0.1, -0.05) is 20.8 Å². The molecule has 15 heavy (non-hydrogen) atoms. The minimum atomic E-state index is 0.611. The molecule has 2 rings (SSSR count). The van der Waals surface area contributed by atoms with Crippen molar-refractivity contribution in [2.45, 2.75) is 39.7 Å². The van der Waals surface area contributed by atoms with E-state index in [0.717, 1.165) is 24.9 Å². The van der Waals surface area contributed by atoms with E-state index in [-0.39, 0.29) is 0 Å². The molecule has 1 N–H and O–H groups in total. The first-order chi connectivity index (χ1) is 7.16. The second-order valence-electron chi connectivity index (χ2n) is 4.92. The lowest BCUT2D eigenvalue weighted by molar-refractivity contribution is 0.610. The smallest absolute Gasteiger partial charge is 0.107 e. The van der Waals surface area contributed by atoms with Crippen molar-refractivity contribution in [3.8, 4) is 0 Å². The minimum Gasteiger partial charge on any atom is -0.310 e. The highest BCUT2D eigenvalue weighted by atomic mass is 32.1. The number of rotatable bonds is 5. The van der Waals surface area contributed by atoms with Gasteiger partial charge < -0.3 is 5.32 Å². The lowest BCUT2D eigenvalue weighted by Gasteiger charge is -2.00. The van der Waals surface area contributed by atoms with Crippen LogP contribution in [0.1, 0.15) is 43.0 Å². The summed E-state index contributed by atoms with van der Waals surface area (Å²) >= 11 is 1.84. The molecule has 2 nitrogen and oxygen atoms in total. The van der Waals surface area contributed by atoms with Crippen molar-refractivity contribution >= 4 is 11.3 Å². The fraction of sp³-hybridized carbons (Fsp3) is 0.750. The van der Waals surface area contributed by atoms with E-state index >= 15 is 0 Å². The van der Waals surface area contributed by atoms with Gasteiger partial charge in [-0.2, -0.15) is 0 Å². The summed E-state index contributed by atoms with van der Waals surface area (Å²) in [5.74, 6) is 2.48. The van der Waals surface area contributed by atoms with Crippen molar-refractivity contribution in [3.05, 3.63) is 16.1 Å². The lowest BCUT2D eigenvalue weighted by Crippen LogP contribution is -2.16. The van der Waals surface area contributed by atoms with Crippen LogP contribution in [0.3, 0.4) is 0 Å². The summed E-state index contributed by atoms with van der Waals surface area (Å²) < 4.78 is 0. The fourth-order valence-electron chi connectivity index (χ4n) is 1.72. The Hall–Kier alpha value is -0.410. The van der Waals surface area contributed by atoms with Crippen molar-refractivity contribution in [1.29, 1.82) is 0 Å². The first-order valence-corrected chi connectivity index (χ1v) is 6.63. The molecule has 0 saturated heterocycles. The molecule has 1 heterocycles. The van der Waals surface area contributed by atoms with Crippen LogP contribution in [0, 0.1) is 11.8 Å². The van der Waals surface area contributed by atoms with Gasteiger partial charge in [-0.15, -0.1) is 11.3 Å². The maximum absolute atomic E-state index is 4.43. The van der Waals surface area contributed by atoms with Crippen LogP contribution >= 0.6 is 11.3 Å². The lowest BCUT2D eigenvalue weighted by atomic mass is 10.2. The van der Waals surface area contributed by atoms with Gasteiger partial charge in [-0.25, -0.2) is 4.98 Å².